The van der Waals surface area contributed by atoms with Gasteiger partial charge in [0.25, 0.3) is 0 Å². The molecule has 1 aromatic heterocycles. The summed E-state index contributed by atoms with van der Waals surface area (Å²) in [5.74, 6) is 0.194. The molecule has 2 rings (SSSR count). The van der Waals surface area contributed by atoms with Crippen LogP contribution in [0.5, 0.6) is 0 Å². The van der Waals surface area contributed by atoms with Gasteiger partial charge >= 0.3 is 5.97 Å². The molecule has 0 aliphatic heterocycles. The van der Waals surface area contributed by atoms with Gasteiger partial charge in [-0.15, -0.1) is 0 Å². The Morgan fingerprint density at radius 3 is 2.83 bits per heavy atom. The maximum Gasteiger partial charge on any atom is 0.337 e. The Labute approximate surface area is 119 Å². The largest absolute Gasteiger partial charge is 0.465 e. The molecular weight excluding hydrogens is 343 g/mol. The fraction of sp³-hybridized carbons (Fsp3) is 0.385. The number of fused-ring (bicyclic) bond motifs is 1. The van der Waals surface area contributed by atoms with E-state index in [2.05, 4.69) is 41.5 Å². The normalized spacial score (nSPS) is 11.2. The number of benzene rings is 1. The van der Waals surface area contributed by atoms with Crippen LogP contribution in [0.2, 0.25) is 0 Å². The summed E-state index contributed by atoms with van der Waals surface area (Å²) < 4.78 is 7.72. The van der Waals surface area contributed by atoms with Crippen molar-refractivity contribution in [3.63, 3.8) is 0 Å². The van der Waals surface area contributed by atoms with E-state index in [-0.39, 0.29) is 5.97 Å². The van der Waals surface area contributed by atoms with Crippen LogP contribution in [0.4, 0.5) is 0 Å². The number of methoxy groups -OCH3 is 1. The third-order valence-electron chi connectivity index (χ3n) is 2.67. The lowest BCUT2D eigenvalue weighted by Gasteiger charge is -2.08. The van der Waals surface area contributed by atoms with Gasteiger partial charge in [0.2, 0.25) is 0 Å². The minimum absolute atomic E-state index is 0.313. The van der Waals surface area contributed by atoms with Gasteiger partial charge in [-0.25, -0.2) is 4.79 Å². The van der Waals surface area contributed by atoms with Crippen molar-refractivity contribution in [2.45, 2.75) is 20.4 Å². The number of rotatable bonds is 3. The zero-order chi connectivity index (χ0) is 13.3. The van der Waals surface area contributed by atoms with E-state index in [0.717, 1.165) is 21.0 Å². The van der Waals surface area contributed by atoms with Crippen LogP contribution >= 0.6 is 22.6 Å². The topological polar surface area (TPSA) is 44.1 Å². The molecule has 1 aromatic carbocycles. The summed E-state index contributed by atoms with van der Waals surface area (Å²) in [5, 5.41) is 5.46. The van der Waals surface area contributed by atoms with Crippen molar-refractivity contribution in [2.24, 2.45) is 5.92 Å². The van der Waals surface area contributed by atoms with Crippen LogP contribution in [0.25, 0.3) is 10.9 Å². The Morgan fingerprint density at radius 1 is 1.50 bits per heavy atom. The summed E-state index contributed by atoms with van der Waals surface area (Å²) >= 11 is 2.22. The van der Waals surface area contributed by atoms with Gasteiger partial charge in [0.05, 0.1) is 24.4 Å². The Balaban J connectivity index is 2.57. The van der Waals surface area contributed by atoms with Gasteiger partial charge in [-0.2, -0.15) is 5.10 Å². The minimum Gasteiger partial charge on any atom is -0.465 e. The van der Waals surface area contributed by atoms with Crippen LogP contribution in [-0.2, 0) is 11.3 Å². The number of hydrogen-bond acceptors (Lipinski definition) is 3. The molecule has 4 nitrogen and oxygen atoms in total. The van der Waals surface area contributed by atoms with Crippen molar-refractivity contribution in [3.8, 4) is 0 Å². The quantitative estimate of drug-likeness (QED) is 0.626. The lowest BCUT2D eigenvalue weighted by molar-refractivity contribution is 0.0601. The molecule has 0 saturated heterocycles. The lowest BCUT2D eigenvalue weighted by atomic mass is 10.1. The molecule has 18 heavy (non-hydrogen) atoms. The third-order valence-corrected chi connectivity index (χ3v) is 3.56. The first-order valence-electron chi connectivity index (χ1n) is 5.76. The summed E-state index contributed by atoms with van der Waals surface area (Å²) in [4.78, 5) is 11.6. The van der Waals surface area contributed by atoms with Crippen molar-refractivity contribution in [3.05, 3.63) is 27.5 Å². The van der Waals surface area contributed by atoms with E-state index in [1.165, 1.54) is 7.11 Å². The molecule has 0 fully saturated rings. The molecule has 0 N–H and O–H groups in total. The number of esters is 1. The Hall–Kier alpha value is -1.11. The predicted octanol–water partition coefficient (Wildman–Crippen LogP) is 3.08. The van der Waals surface area contributed by atoms with Gasteiger partial charge in [0.1, 0.15) is 0 Å². The first-order valence-corrected chi connectivity index (χ1v) is 6.84. The summed E-state index contributed by atoms with van der Waals surface area (Å²) in [7, 11) is 1.39. The van der Waals surface area contributed by atoms with Crippen LogP contribution in [0.3, 0.4) is 0 Å². The van der Waals surface area contributed by atoms with E-state index in [1.807, 2.05) is 23.0 Å². The number of carbonyl (C=O) groups is 1. The average Bonchev–Trinajstić information content (AvgIpc) is 2.71. The van der Waals surface area contributed by atoms with E-state index in [1.54, 1.807) is 0 Å². The van der Waals surface area contributed by atoms with Crippen molar-refractivity contribution in [2.75, 3.05) is 7.11 Å². The van der Waals surface area contributed by atoms with E-state index in [9.17, 15) is 4.79 Å². The highest BCUT2D eigenvalue weighted by molar-refractivity contribution is 14.1. The first kappa shape index (κ1) is 13.3. The molecule has 0 aliphatic carbocycles. The van der Waals surface area contributed by atoms with Crippen LogP contribution in [0.1, 0.15) is 24.2 Å². The lowest BCUT2D eigenvalue weighted by Crippen LogP contribution is -2.07. The number of nitrogens with zero attached hydrogens (tertiary/aromatic N) is 2. The number of halogens is 1. The zero-order valence-corrected chi connectivity index (χ0v) is 12.8. The van der Waals surface area contributed by atoms with Crippen LogP contribution in [0.15, 0.2) is 18.3 Å². The highest BCUT2D eigenvalue weighted by Crippen LogP contribution is 2.23. The smallest absolute Gasteiger partial charge is 0.337 e. The molecule has 0 atom stereocenters. The summed E-state index contributed by atoms with van der Waals surface area (Å²) in [6, 6.07) is 3.68. The fourth-order valence-electron chi connectivity index (χ4n) is 1.86. The second-order valence-electron chi connectivity index (χ2n) is 4.60. The van der Waals surface area contributed by atoms with E-state index >= 15 is 0 Å². The van der Waals surface area contributed by atoms with Gasteiger partial charge in [0, 0.05) is 15.5 Å². The summed E-state index contributed by atoms with van der Waals surface area (Å²) in [6.07, 6.45) is 1.85. The molecule has 0 aliphatic rings. The SMILES string of the molecule is COC(=O)c1cc(I)c2cnn(CC(C)C)c2c1. The molecule has 0 spiro atoms. The Kier molecular flexibility index (Phi) is 3.89. The van der Waals surface area contributed by atoms with Crippen molar-refractivity contribution in [1.29, 1.82) is 0 Å². The predicted molar refractivity (Wildman–Crippen MR) is 78.6 cm³/mol. The number of aromatic nitrogens is 2. The molecule has 0 bridgehead atoms. The highest BCUT2D eigenvalue weighted by Gasteiger charge is 2.13. The molecule has 5 heteroatoms. The second-order valence-corrected chi connectivity index (χ2v) is 5.77. The van der Waals surface area contributed by atoms with Gasteiger partial charge < -0.3 is 4.74 Å². The maximum absolute atomic E-state index is 11.6. The van der Waals surface area contributed by atoms with Crippen LogP contribution in [0, 0.1) is 9.49 Å². The fourth-order valence-corrected chi connectivity index (χ4v) is 2.61. The molecule has 0 amide bonds. The summed E-state index contributed by atoms with van der Waals surface area (Å²) in [5.41, 5.74) is 1.55. The van der Waals surface area contributed by atoms with Gasteiger partial charge in [-0.05, 0) is 40.6 Å². The van der Waals surface area contributed by atoms with Crippen molar-refractivity contribution < 1.29 is 9.53 Å². The molecular formula is C13H15IN2O2. The molecule has 2 aromatic rings. The van der Waals surface area contributed by atoms with E-state index in [0.29, 0.717) is 11.5 Å². The van der Waals surface area contributed by atoms with Gasteiger partial charge in [-0.1, -0.05) is 13.8 Å². The summed E-state index contributed by atoms with van der Waals surface area (Å²) in [6.45, 7) is 5.12. The molecule has 0 radical (unpaired) electrons. The third kappa shape index (κ3) is 2.50. The average molecular weight is 358 g/mol. The van der Waals surface area contributed by atoms with Gasteiger partial charge in [-0.3, -0.25) is 4.68 Å². The minimum atomic E-state index is -0.313. The van der Waals surface area contributed by atoms with Crippen LogP contribution < -0.4 is 0 Å². The van der Waals surface area contributed by atoms with Gasteiger partial charge in [0.15, 0.2) is 0 Å². The maximum atomic E-state index is 11.6. The Morgan fingerprint density at radius 2 is 2.22 bits per heavy atom. The highest BCUT2D eigenvalue weighted by atomic mass is 127. The molecule has 96 valence electrons. The number of ether oxygens (including phenoxy) is 1. The zero-order valence-electron chi connectivity index (χ0n) is 10.6. The number of hydrogen-bond donors (Lipinski definition) is 0. The van der Waals surface area contributed by atoms with E-state index in [4.69, 9.17) is 4.74 Å². The standard InChI is InChI=1S/C13H15IN2O2/c1-8(2)7-16-12-5-9(13(17)18-3)4-11(14)10(12)6-15-16/h4-6,8H,7H2,1-3H3. The molecule has 1 heterocycles. The second kappa shape index (κ2) is 5.26. The van der Waals surface area contributed by atoms with Crippen molar-refractivity contribution in [1.82, 2.24) is 9.78 Å². The monoisotopic (exact) mass is 358 g/mol. The van der Waals surface area contributed by atoms with Crippen LogP contribution in [-0.4, -0.2) is 22.9 Å². The first-order chi connectivity index (χ1) is 8.52. The number of carbonyl (C=O) groups excluding carboxylic acids is 1. The molecule has 0 saturated carbocycles. The van der Waals surface area contributed by atoms with Crippen molar-refractivity contribution >= 4 is 39.5 Å². The van der Waals surface area contributed by atoms with E-state index < -0.39 is 0 Å². The molecule has 0 unspecified atom stereocenters. The Bertz CT molecular complexity index is 590.